The van der Waals surface area contributed by atoms with Gasteiger partial charge in [-0.05, 0) is 57.0 Å². The highest BCUT2D eigenvalue weighted by Gasteiger charge is 2.47. The van der Waals surface area contributed by atoms with Crippen LogP contribution in [0, 0.1) is 11.8 Å². The largest absolute Gasteiger partial charge is 0.357 e. The van der Waals surface area contributed by atoms with E-state index in [0.717, 1.165) is 25.9 Å². The van der Waals surface area contributed by atoms with Crippen LogP contribution in [-0.4, -0.2) is 59.0 Å². The van der Waals surface area contributed by atoms with Gasteiger partial charge in [0, 0.05) is 7.05 Å². The van der Waals surface area contributed by atoms with Gasteiger partial charge in [0.25, 0.3) is 0 Å². The normalized spacial score (nSPS) is 20.4. The lowest BCUT2D eigenvalue weighted by Crippen LogP contribution is -2.65. The van der Waals surface area contributed by atoms with Crippen LogP contribution in [0.1, 0.15) is 52.9 Å². The van der Waals surface area contributed by atoms with E-state index in [9.17, 15) is 23.9 Å². The third-order valence-corrected chi connectivity index (χ3v) is 6.68. The molecule has 1 amide bonds. The third-order valence-electron chi connectivity index (χ3n) is 5.35. The van der Waals surface area contributed by atoms with Gasteiger partial charge in [-0.1, -0.05) is 20.8 Å². The average molecular weight is 420 g/mol. The second kappa shape index (κ2) is 10.8. The fraction of sp³-hybridized carbons (Fsp3) is 0.889. The molecule has 0 radical (unpaired) electrons. The Morgan fingerprint density at radius 2 is 1.86 bits per heavy atom. The quantitative estimate of drug-likeness (QED) is 0.206. The maximum Gasteiger partial charge on any atom is 0.342 e. The van der Waals surface area contributed by atoms with Crippen LogP contribution in [0.4, 0.5) is 0 Å². The van der Waals surface area contributed by atoms with E-state index >= 15 is 0 Å². The molecule has 1 saturated heterocycles. The zero-order chi connectivity index (χ0) is 21.5. The Morgan fingerprint density at radius 3 is 2.29 bits per heavy atom. The molecule has 1 aliphatic rings. The van der Waals surface area contributed by atoms with E-state index in [2.05, 4.69) is 16.0 Å². The fourth-order valence-electron chi connectivity index (χ4n) is 3.79. The summed E-state index contributed by atoms with van der Waals surface area (Å²) >= 11 is 0. The summed E-state index contributed by atoms with van der Waals surface area (Å²) in [7, 11) is -3.00. The van der Waals surface area contributed by atoms with E-state index in [1.807, 2.05) is 13.8 Å². The number of carbonyl (C=O) groups is 2. The second-order valence-corrected chi connectivity index (χ2v) is 9.98. The number of nitrogens with one attached hydrogen (secondary N) is 3. The Balaban J connectivity index is 3.16. The van der Waals surface area contributed by atoms with Crippen LogP contribution in [-0.2, 0) is 14.2 Å². The Bertz CT molecular complexity index is 576. The lowest BCUT2D eigenvalue weighted by molar-refractivity contribution is -0.138. The molecular formula is C18H37N4O5P. The van der Waals surface area contributed by atoms with Crippen LogP contribution >= 0.6 is 7.60 Å². The SMILES string of the molecule is CC[C@H](N[C@@H](CC(C)C)C(=O)[C@](N)(CC1CCNCC1)C(=O)NC)P(=O)(O)O. The molecule has 7 N–H and O–H groups in total. The number of nitrogens with two attached hydrogens (primary N) is 1. The number of Topliss-reactive ketones (excluding diaryl/α,β-unsaturated/α-hetero) is 1. The van der Waals surface area contributed by atoms with Crippen LogP contribution in [0.2, 0.25) is 0 Å². The van der Waals surface area contributed by atoms with E-state index in [1.165, 1.54) is 7.05 Å². The van der Waals surface area contributed by atoms with Crippen LogP contribution < -0.4 is 21.7 Å². The minimum absolute atomic E-state index is 0.0727. The highest BCUT2D eigenvalue weighted by molar-refractivity contribution is 7.52. The molecule has 3 atom stereocenters. The number of hydrogen-bond donors (Lipinski definition) is 6. The maximum atomic E-state index is 13.4. The van der Waals surface area contributed by atoms with Gasteiger partial charge in [0.2, 0.25) is 5.91 Å². The highest BCUT2D eigenvalue weighted by atomic mass is 31.2. The van der Waals surface area contributed by atoms with Crippen molar-refractivity contribution in [3.8, 4) is 0 Å². The van der Waals surface area contributed by atoms with Gasteiger partial charge >= 0.3 is 7.60 Å². The summed E-state index contributed by atoms with van der Waals surface area (Å²) in [5.74, 6) is -2.02. The van der Waals surface area contributed by atoms with Crippen molar-refractivity contribution in [3.05, 3.63) is 0 Å². The first-order valence-electron chi connectivity index (χ1n) is 10.0. The van der Waals surface area contributed by atoms with Crippen LogP contribution in [0.3, 0.4) is 0 Å². The van der Waals surface area contributed by atoms with E-state index in [4.69, 9.17) is 5.73 Å². The summed E-state index contributed by atoms with van der Waals surface area (Å²) in [6.45, 7) is 7.08. The zero-order valence-electron chi connectivity index (χ0n) is 17.4. The molecular weight excluding hydrogens is 383 g/mol. The summed E-state index contributed by atoms with van der Waals surface area (Å²) in [6.07, 6.45) is 2.35. The lowest BCUT2D eigenvalue weighted by Gasteiger charge is -2.36. The monoisotopic (exact) mass is 420 g/mol. The molecule has 0 aromatic rings. The van der Waals surface area contributed by atoms with Crippen molar-refractivity contribution in [1.82, 2.24) is 16.0 Å². The summed E-state index contributed by atoms with van der Waals surface area (Å²) < 4.78 is 11.8. The minimum Gasteiger partial charge on any atom is -0.357 e. The molecule has 0 aromatic heterocycles. The van der Waals surface area contributed by atoms with E-state index in [-0.39, 0.29) is 24.7 Å². The Hall–Kier alpha value is -0.830. The minimum atomic E-state index is -4.44. The van der Waals surface area contributed by atoms with E-state index in [0.29, 0.717) is 6.42 Å². The summed E-state index contributed by atoms with van der Waals surface area (Å²) in [6, 6.07) is -0.915. The molecule has 0 aliphatic carbocycles. The Labute approximate surface area is 167 Å². The Kier molecular flexibility index (Phi) is 9.73. The number of amides is 1. The molecule has 10 heteroatoms. The van der Waals surface area contributed by atoms with Crippen molar-refractivity contribution < 1.29 is 23.9 Å². The third kappa shape index (κ3) is 6.90. The van der Waals surface area contributed by atoms with Gasteiger partial charge in [-0.3, -0.25) is 19.5 Å². The number of piperidine rings is 1. The van der Waals surface area contributed by atoms with Gasteiger partial charge in [-0.15, -0.1) is 0 Å². The standard InChI is InChI=1S/C18H37N4O5P/c1-5-15(28(25,26)27)22-14(10-12(2)3)16(23)18(19,17(24)20-4)11-13-6-8-21-9-7-13/h12-15,21-22H,5-11,19H2,1-4H3,(H,20,24)(H2,25,26,27)/t14-,15+,18+/m0/s1. The molecule has 0 aromatic carbocycles. The summed E-state index contributed by atoms with van der Waals surface area (Å²) in [5.41, 5.74) is 4.67. The number of rotatable bonds is 11. The topological polar surface area (TPSA) is 154 Å². The molecule has 164 valence electrons. The van der Waals surface area contributed by atoms with Crippen molar-refractivity contribution in [1.29, 1.82) is 0 Å². The molecule has 0 bridgehead atoms. The maximum absolute atomic E-state index is 13.4. The molecule has 1 heterocycles. The van der Waals surface area contributed by atoms with Crippen molar-refractivity contribution in [2.45, 2.75) is 70.2 Å². The van der Waals surface area contributed by atoms with E-state index in [1.54, 1.807) is 6.92 Å². The predicted octanol–water partition coefficient (Wildman–Crippen LogP) is 0.307. The molecule has 9 nitrogen and oxygen atoms in total. The van der Waals surface area contributed by atoms with Gasteiger partial charge in [0.1, 0.15) is 5.78 Å². The van der Waals surface area contributed by atoms with Crippen LogP contribution in [0.25, 0.3) is 0 Å². The number of ketones is 1. The summed E-state index contributed by atoms with van der Waals surface area (Å²) in [4.78, 5) is 45.2. The van der Waals surface area contributed by atoms with Gasteiger partial charge in [-0.25, -0.2) is 0 Å². The molecule has 1 rings (SSSR count). The molecule has 28 heavy (non-hydrogen) atoms. The van der Waals surface area contributed by atoms with Gasteiger partial charge < -0.3 is 26.2 Å². The summed E-state index contributed by atoms with van der Waals surface area (Å²) in [5, 5.41) is 8.56. The highest BCUT2D eigenvalue weighted by Crippen LogP contribution is 2.41. The average Bonchev–Trinajstić information content (AvgIpc) is 2.63. The lowest BCUT2D eigenvalue weighted by atomic mass is 9.77. The fourth-order valence-corrected chi connectivity index (χ4v) is 4.64. The first kappa shape index (κ1) is 25.2. The van der Waals surface area contributed by atoms with Gasteiger partial charge in [0.05, 0.1) is 6.04 Å². The van der Waals surface area contributed by atoms with Crippen molar-refractivity contribution >= 4 is 19.3 Å². The zero-order valence-corrected chi connectivity index (χ0v) is 18.3. The van der Waals surface area contributed by atoms with Crippen molar-refractivity contribution in [2.24, 2.45) is 17.6 Å². The van der Waals surface area contributed by atoms with Gasteiger partial charge in [0.15, 0.2) is 11.3 Å². The van der Waals surface area contributed by atoms with Crippen LogP contribution in [0.15, 0.2) is 0 Å². The predicted molar refractivity (Wildman–Crippen MR) is 109 cm³/mol. The smallest absolute Gasteiger partial charge is 0.342 e. The molecule has 0 spiro atoms. The molecule has 0 unspecified atom stereocenters. The number of carbonyl (C=O) groups excluding carboxylic acids is 2. The first-order valence-corrected chi connectivity index (χ1v) is 11.7. The van der Waals surface area contributed by atoms with Crippen molar-refractivity contribution in [2.75, 3.05) is 20.1 Å². The molecule has 1 fully saturated rings. The first-order chi connectivity index (χ1) is 13.0. The van der Waals surface area contributed by atoms with Crippen LogP contribution in [0.5, 0.6) is 0 Å². The van der Waals surface area contributed by atoms with Crippen molar-refractivity contribution in [3.63, 3.8) is 0 Å². The van der Waals surface area contributed by atoms with Gasteiger partial charge in [-0.2, -0.15) is 0 Å². The second-order valence-electron chi connectivity index (χ2n) is 8.17. The molecule has 0 saturated carbocycles. The number of likely N-dealkylation sites (N-methyl/N-ethyl adjacent to an activating group) is 1. The van der Waals surface area contributed by atoms with E-state index < -0.39 is 36.6 Å². The Morgan fingerprint density at radius 1 is 1.29 bits per heavy atom. The molecule has 1 aliphatic heterocycles. The number of hydrogen-bond acceptors (Lipinski definition) is 6.